The van der Waals surface area contributed by atoms with E-state index in [0.29, 0.717) is 16.2 Å². The van der Waals surface area contributed by atoms with Crippen LogP contribution in [0.25, 0.3) is 0 Å². The third-order valence-electron chi connectivity index (χ3n) is 4.33. The fourth-order valence-electron chi connectivity index (χ4n) is 2.52. The van der Waals surface area contributed by atoms with Crippen molar-refractivity contribution in [1.29, 1.82) is 0 Å². The molecule has 0 saturated carbocycles. The second kappa shape index (κ2) is 8.31. The van der Waals surface area contributed by atoms with E-state index in [4.69, 9.17) is 5.73 Å². The van der Waals surface area contributed by atoms with E-state index < -0.39 is 5.91 Å². The van der Waals surface area contributed by atoms with Crippen LogP contribution in [0.5, 0.6) is 0 Å². The van der Waals surface area contributed by atoms with Gasteiger partial charge in [-0.1, -0.05) is 30.0 Å². The quantitative estimate of drug-likeness (QED) is 0.788. The smallest absolute Gasteiger partial charge is 0.251 e. The van der Waals surface area contributed by atoms with Crippen LogP contribution in [-0.4, -0.2) is 34.5 Å². The number of halogens is 1. The molecule has 0 spiro atoms. The standard InChI is InChI=1S/C19H22FN3O2S/c1-11-12(2)17(18(21)25)19(22-13(11)3)26-10-16(24)23(4)9-14-7-5-6-8-15(14)20/h5-8H,9-10H2,1-4H3,(H2,21,25). The molecule has 0 fully saturated rings. The summed E-state index contributed by atoms with van der Waals surface area (Å²) < 4.78 is 13.7. The number of thioether (sulfide) groups is 1. The molecule has 2 rings (SSSR count). The molecule has 0 saturated heterocycles. The maximum Gasteiger partial charge on any atom is 0.251 e. The van der Waals surface area contributed by atoms with Gasteiger partial charge >= 0.3 is 0 Å². The lowest BCUT2D eigenvalue weighted by Gasteiger charge is -2.18. The van der Waals surface area contributed by atoms with E-state index in [1.54, 1.807) is 25.2 Å². The summed E-state index contributed by atoms with van der Waals surface area (Å²) in [7, 11) is 1.61. The summed E-state index contributed by atoms with van der Waals surface area (Å²) in [6.07, 6.45) is 0. The van der Waals surface area contributed by atoms with Gasteiger partial charge in [0.2, 0.25) is 5.91 Å². The molecule has 0 atom stereocenters. The molecule has 2 amide bonds. The largest absolute Gasteiger partial charge is 0.366 e. The average Bonchev–Trinajstić information content (AvgIpc) is 2.59. The zero-order chi connectivity index (χ0) is 19.4. The number of aryl methyl sites for hydroxylation is 1. The molecule has 138 valence electrons. The predicted molar refractivity (Wildman–Crippen MR) is 101 cm³/mol. The van der Waals surface area contributed by atoms with Crippen molar-refractivity contribution in [3.63, 3.8) is 0 Å². The highest BCUT2D eigenvalue weighted by Crippen LogP contribution is 2.27. The van der Waals surface area contributed by atoms with E-state index in [0.717, 1.165) is 16.8 Å². The molecule has 2 N–H and O–H groups in total. The molecule has 26 heavy (non-hydrogen) atoms. The number of benzene rings is 1. The lowest BCUT2D eigenvalue weighted by atomic mass is 10.0. The molecular weight excluding hydrogens is 353 g/mol. The van der Waals surface area contributed by atoms with Crippen LogP contribution in [0.1, 0.15) is 32.7 Å². The summed E-state index contributed by atoms with van der Waals surface area (Å²) in [5, 5.41) is 0.450. The Kier molecular flexibility index (Phi) is 6.37. The van der Waals surface area contributed by atoms with E-state index in [2.05, 4.69) is 4.98 Å². The fraction of sp³-hybridized carbons (Fsp3) is 0.316. The number of primary amides is 1. The molecule has 0 aliphatic heterocycles. The molecule has 7 heteroatoms. The third-order valence-corrected chi connectivity index (χ3v) is 5.29. The summed E-state index contributed by atoms with van der Waals surface area (Å²) >= 11 is 1.17. The van der Waals surface area contributed by atoms with Gasteiger partial charge in [-0.05, 0) is 38.0 Å². The number of hydrogen-bond donors (Lipinski definition) is 1. The maximum atomic E-state index is 13.7. The van der Waals surface area contributed by atoms with Crippen LogP contribution < -0.4 is 5.73 Å². The summed E-state index contributed by atoms with van der Waals surface area (Å²) in [4.78, 5) is 30.0. The second-order valence-electron chi connectivity index (χ2n) is 6.12. The Bertz CT molecular complexity index is 855. The van der Waals surface area contributed by atoms with Crippen LogP contribution in [0.2, 0.25) is 0 Å². The van der Waals surface area contributed by atoms with Gasteiger partial charge < -0.3 is 10.6 Å². The molecule has 0 aliphatic rings. The lowest BCUT2D eigenvalue weighted by Crippen LogP contribution is -2.28. The van der Waals surface area contributed by atoms with Crippen LogP contribution in [0.4, 0.5) is 4.39 Å². The first-order valence-corrected chi connectivity index (χ1v) is 9.08. The molecule has 0 radical (unpaired) electrons. The maximum absolute atomic E-state index is 13.7. The Labute approximate surface area is 156 Å². The number of rotatable bonds is 6. The Balaban J connectivity index is 2.12. The number of carbonyl (C=O) groups is 2. The number of nitrogens with two attached hydrogens (primary N) is 1. The SMILES string of the molecule is Cc1nc(SCC(=O)N(C)Cc2ccccc2F)c(C(N)=O)c(C)c1C. The number of pyridine rings is 1. The molecule has 2 aromatic rings. The molecule has 0 aliphatic carbocycles. The highest BCUT2D eigenvalue weighted by Gasteiger charge is 2.19. The van der Waals surface area contributed by atoms with Gasteiger partial charge in [0.1, 0.15) is 10.8 Å². The van der Waals surface area contributed by atoms with E-state index in [-0.39, 0.29) is 24.0 Å². The minimum absolute atomic E-state index is 0.0835. The molecular formula is C19H22FN3O2S. The van der Waals surface area contributed by atoms with Gasteiger partial charge in [-0.2, -0.15) is 0 Å². The van der Waals surface area contributed by atoms with Crippen molar-refractivity contribution in [2.24, 2.45) is 5.73 Å². The summed E-state index contributed by atoms with van der Waals surface area (Å²) in [5.41, 5.74) is 8.77. The van der Waals surface area contributed by atoms with E-state index in [1.165, 1.54) is 22.7 Å². The molecule has 1 aromatic heterocycles. The number of amides is 2. The molecule has 0 bridgehead atoms. The number of hydrogen-bond acceptors (Lipinski definition) is 4. The Morgan fingerprint density at radius 3 is 2.46 bits per heavy atom. The normalized spacial score (nSPS) is 10.7. The van der Waals surface area contributed by atoms with Crippen LogP contribution in [-0.2, 0) is 11.3 Å². The Hall–Kier alpha value is -2.41. The van der Waals surface area contributed by atoms with E-state index >= 15 is 0 Å². The topological polar surface area (TPSA) is 76.3 Å². The average molecular weight is 375 g/mol. The minimum atomic E-state index is -0.562. The van der Waals surface area contributed by atoms with Crippen molar-refractivity contribution >= 4 is 23.6 Å². The first-order valence-electron chi connectivity index (χ1n) is 8.10. The Morgan fingerprint density at radius 1 is 1.19 bits per heavy atom. The second-order valence-corrected chi connectivity index (χ2v) is 7.09. The number of aromatic nitrogens is 1. The zero-order valence-electron chi connectivity index (χ0n) is 15.3. The van der Waals surface area contributed by atoms with Crippen molar-refractivity contribution in [1.82, 2.24) is 9.88 Å². The number of carbonyl (C=O) groups excluding carboxylic acids is 2. The van der Waals surface area contributed by atoms with Crippen molar-refractivity contribution in [3.8, 4) is 0 Å². The van der Waals surface area contributed by atoms with Crippen LogP contribution in [0, 0.1) is 26.6 Å². The van der Waals surface area contributed by atoms with Crippen LogP contribution >= 0.6 is 11.8 Å². The zero-order valence-corrected chi connectivity index (χ0v) is 16.1. The van der Waals surface area contributed by atoms with Crippen LogP contribution in [0.3, 0.4) is 0 Å². The van der Waals surface area contributed by atoms with Crippen molar-refractivity contribution in [2.45, 2.75) is 32.3 Å². The molecule has 5 nitrogen and oxygen atoms in total. The van der Waals surface area contributed by atoms with Gasteiger partial charge in [0, 0.05) is 24.8 Å². The van der Waals surface area contributed by atoms with Gasteiger partial charge in [0.15, 0.2) is 0 Å². The van der Waals surface area contributed by atoms with Crippen molar-refractivity contribution in [3.05, 3.63) is 58.0 Å². The first kappa shape index (κ1) is 19.9. The van der Waals surface area contributed by atoms with E-state index in [1.807, 2.05) is 20.8 Å². The van der Waals surface area contributed by atoms with Gasteiger partial charge in [0.25, 0.3) is 5.91 Å². The molecule has 1 aromatic carbocycles. The highest BCUT2D eigenvalue weighted by atomic mass is 32.2. The van der Waals surface area contributed by atoms with Crippen LogP contribution in [0.15, 0.2) is 29.3 Å². The summed E-state index contributed by atoms with van der Waals surface area (Å²) in [6.45, 7) is 5.73. The fourth-order valence-corrected chi connectivity index (χ4v) is 3.60. The van der Waals surface area contributed by atoms with Gasteiger partial charge in [-0.3, -0.25) is 9.59 Å². The summed E-state index contributed by atoms with van der Waals surface area (Å²) in [5.74, 6) is -1.01. The van der Waals surface area contributed by atoms with Crippen molar-refractivity contribution < 1.29 is 14.0 Å². The van der Waals surface area contributed by atoms with Crippen molar-refractivity contribution in [2.75, 3.05) is 12.8 Å². The third kappa shape index (κ3) is 4.40. The molecule has 0 unspecified atom stereocenters. The lowest BCUT2D eigenvalue weighted by molar-refractivity contribution is -0.127. The predicted octanol–water partition coefficient (Wildman–Crippen LogP) is 3.00. The Morgan fingerprint density at radius 2 is 1.85 bits per heavy atom. The minimum Gasteiger partial charge on any atom is -0.366 e. The highest BCUT2D eigenvalue weighted by molar-refractivity contribution is 8.00. The van der Waals surface area contributed by atoms with E-state index in [9.17, 15) is 14.0 Å². The number of nitrogens with zero attached hydrogens (tertiary/aromatic N) is 2. The molecule has 1 heterocycles. The monoisotopic (exact) mass is 375 g/mol. The van der Waals surface area contributed by atoms with Gasteiger partial charge in [0.05, 0.1) is 11.3 Å². The van der Waals surface area contributed by atoms with Gasteiger partial charge in [-0.25, -0.2) is 9.37 Å². The first-order chi connectivity index (χ1) is 12.2. The summed E-state index contributed by atoms with van der Waals surface area (Å²) in [6, 6.07) is 6.34. The van der Waals surface area contributed by atoms with Gasteiger partial charge in [-0.15, -0.1) is 0 Å².